The first kappa shape index (κ1) is 17.1. The second-order valence-corrected chi connectivity index (χ2v) is 2.68. The van der Waals surface area contributed by atoms with E-state index in [0.717, 1.165) is 0 Å². The monoisotopic (exact) mass is 306 g/mol. The summed E-state index contributed by atoms with van der Waals surface area (Å²) in [7, 11) is 3.00. The Bertz CT molecular complexity index is 98.4. The average Bonchev–Trinajstić information content (AvgIpc) is 1.62. The number of carbonyl (C=O) groups is 1. The summed E-state index contributed by atoms with van der Waals surface area (Å²) >= 11 is 0. The van der Waals surface area contributed by atoms with Gasteiger partial charge in [-0.1, -0.05) is 0 Å². The fourth-order valence-electron chi connectivity index (χ4n) is 0.217. The van der Waals surface area contributed by atoms with Crippen LogP contribution in [0.4, 0.5) is 0 Å². The van der Waals surface area contributed by atoms with Crippen molar-refractivity contribution >= 4 is 5.97 Å². The third-order valence-corrected chi connectivity index (χ3v) is 0.743. The zero-order chi connectivity index (χ0) is 6.78. The number of hydrogen-bond donors (Lipinski definition) is 0. The van der Waals surface area contributed by atoms with Crippen LogP contribution in [0.25, 0.3) is 0 Å². The second-order valence-electron chi connectivity index (χ2n) is 2.68. The van der Waals surface area contributed by atoms with Crippen molar-refractivity contribution in [2.24, 2.45) is 5.41 Å². The Morgan fingerprint density at radius 3 is 1.70 bits per heavy atom. The summed E-state index contributed by atoms with van der Waals surface area (Å²) in [5.74, 6) is -0.280. The normalized spacial score (nSPS) is 8.80. The molecule has 0 fully saturated rings. The van der Waals surface area contributed by atoms with Crippen molar-refractivity contribution in [3.63, 3.8) is 0 Å². The van der Waals surface area contributed by atoms with E-state index in [0.29, 0.717) is 0 Å². The molecule has 2 nitrogen and oxygen atoms in total. The SMILES string of the molecule is [CH2]OC(=O)C(C)(C)C.[I-].[Zn]. The zero-order valence-electron chi connectivity index (χ0n) is 6.61. The van der Waals surface area contributed by atoms with E-state index in [4.69, 9.17) is 0 Å². The minimum Gasteiger partial charge on any atom is -1.00 e. The number of halogens is 1. The second kappa shape index (κ2) is 6.53. The van der Waals surface area contributed by atoms with Gasteiger partial charge >= 0.3 is 5.97 Å². The van der Waals surface area contributed by atoms with Crippen LogP contribution in [0.2, 0.25) is 0 Å². The predicted molar refractivity (Wildman–Crippen MR) is 30.9 cm³/mol. The maximum atomic E-state index is 10.5. The first-order chi connectivity index (χ1) is 3.48. The molecule has 0 aromatic carbocycles. The van der Waals surface area contributed by atoms with Crippen molar-refractivity contribution in [3.8, 4) is 0 Å². The summed E-state index contributed by atoms with van der Waals surface area (Å²) in [5.41, 5.74) is -0.415. The Kier molecular flexibility index (Phi) is 11.1. The van der Waals surface area contributed by atoms with E-state index in [1.807, 2.05) is 0 Å². The molecule has 0 aromatic heterocycles. The Morgan fingerprint density at radius 1 is 1.40 bits per heavy atom. The fraction of sp³-hybridized carbons (Fsp3) is 0.667. The number of esters is 1. The molecule has 0 unspecified atom stereocenters. The molecule has 0 rings (SSSR count). The van der Waals surface area contributed by atoms with Crippen LogP contribution in [0.5, 0.6) is 0 Å². The van der Waals surface area contributed by atoms with Gasteiger partial charge < -0.3 is 28.7 Å². The van der Waals surface area contributed by atoms with Crippen LogP contribution in [0.15, 0.2) is 0 Å². The van der Waals surface area contributed by atoms with Crippen LogP contribution in [-0.4, -0.2) is 5.97 Å². The molecule has 0 aromatic rings. The van der Waals surface area contributed by atoms with Gasteiger partial charge in [0.25, 0.3) is 0 Å². The smallest absolute Gasteiger partial charge is 0.311 e. The first-order valence-corrected chi connectivity index (χ1v) is 2.45. The van der Waals surface area contributed by atoms with E-state index < -0.39 is 5.41 Å². The molecule has 0 aliphatic heterocycles. The summed E-state index contributed by atoms with van der Waals surface area (Å²) in [4.78, 5) is 10.5. The van der Waals surface area contributed by atoms with E-state index in [9.17, 15) is 4.79 Å². The molecule has 10 heavy (non-hydrogen) atoms. The van der Waals surface area contributed by atoms with Crippen molar-refractivity contribution in [3.05, 3.63) is 7.11 Å². The van der Waals surface area contributed by atoms with Gasteiger partial charge in [-0.15, -0.1) is 0 Å². The largest absolute Gasteiger partial charge is 1.00 e. The molecule has 0 amide bonds. The topological polar surface area (TPSA) is 26.3 Å². The van der Waals surface area contributed by atoms with E-state index in [1.165, 1.54) is 0 Å². The first-order valence-electron chi connectivity index (χ1n) is 2.45. The van der Waals surface area contributed by atoms with Crippen LogP contribution in [-0.2, 0) is 29.0 Å². The van der Waals surface area contributed by atoms with Crippen LogP contribution in [0.3, 0.4) is 0 Å². The van der Waals surface area contributed by atoms with Crippen molar-refractivity contribution in [2.75, 3.05) is 0 Å². The average molecular weight is 307 g/mol. The summed E-state index contributed by atoms with van der Waals surface area (Å²) in [6, 6.07) is 0. The molecule has 0 heterocycles. The van der Waals surface area contributed by atoms with Crippen molar-refractivity contribution in [1.29, 1.82) is 0 Å². The number of rotatable bonds is 0. The van der Waals surface area contributed by atoms with Crippen molar-refractivity contribution < 1.29 is 53.0 Å². The molecule has 0 spiro atoms. The van der Waals surface area contributed by atoms with Crippen LogP contribution in [0, 0.1) is 12.5 Å². The van der Waals surface area contributed by atoms with Crippen LogP contribution in [0.1, 0.15) is 20.8 Å². The fourth-order valence-corrected chi connectivity index (χ4v) is 0.217. The van der Waals surface area contributed by atoms with Gasteiger partial charge in [-0.3, -0.25) is 4.79 Å². The molecule has 57 valence electrons. The zero-order valence-corrected chi connectivity index (χ0v) is 11.7. The van der Waals surface area contributed by atoms with Gasteiger partial charge in [-0.25, -0.2) is 0 Å². The Hall–Kier alpha value is 0.823. The van der Waals surface area contributed by atoms with Gasteiger partial charge in [0.15, 0.2) is 0 Å². The number of carbonyl (C=O) groups excluding carboxylic acids is 1. The quantitative estimate of drug-likeness (QED) is 0.305. The van der Waals surface area contributed by atoms with Gasteiger partial charge in [0.05, 0.1) is 5.41 Å². The minimum atomic E-state index is -0.415. The Morgan fingerprint density at radius 2 is 1.70 bits per heavy atom. The van der Waals surface area contributed by atoms with Gasteiger partial charge in [0.2, 0.25) is 0 Å². The van der Waals surface area contributed by atoms with E-state index in [-0.39, 0.29) is 49.4 Å². The van der Waals surface area contributed by atoms with Gasteiger partial charge in [-0.05, 0) is 20.8 Å². The molecule has 0 atom stereocenters. The van der Waals surface area contributed by atoms with Crippen LogP contribution < -0.4 is 24.0 Å². The van der Waals surface area contributed by atoms with E-state index in [1.54, 1.807) is 20.8 Å². The molecule has 0 bridgehead atoms. The van der Waals surface area contributed by atoms with Crippen molar-refractivity contribution in [2.45, 2.75) is 20.8 Å². The molecule has 0 aliphatic rings. The van der Waals surface area contributed by atoms with Gasteiger partial charge in [0, 0.05) is 19.5 Å². The number of ether oxygens (including phenoxy) is 1. The molecule has 1 radical (unpaired) electrons. The summed E-state index contributed by atoms with van der Waals surface area (Å²) in [5, 5.41) is 0. The Labute approximate surface area is 91.9 Å². The molecular weight excluding hydrogens is 296 g/mol. The summed E-state index contributed by atoms with van der Waals surface area (Å²) in [6.45, 7) is 5.33. The van der Waals surface area contributed by atoms with Gasteiger partial charge in [-0.2, -0.15) is 0 Å². The molecule has 4 heteroatoms. The third-order valence-electron chi connectivity index (χ3n) is 0.743. The van der Waals surface area contributed by atoms with Crippen molar-refractivity contribution in [1.82, 2.24) is 0 Å². The molecule has 0 N–H and O–H groups in total. The third kappa shape index (κ3) is 6.94. The Balaban J connectivity index is -0.000000245. The van der Waals surface area contributed by atoms with Crippen LogP contribution >= 0.6 is 0 Å². The molecule has 0 saturated carbocycles. The molecule has 0 aliphatic carbocycles. The molecular formula is C6H11IO2Zn-. The standard InChI is InChI=1S/C6H11O2.HI.Zn/c1-6(2,3)5(7)8-4;;/h4H2,1-3H3;1H;/p-1. The van der Waals surface area contributed by atoms with E-state index >= 15 is 0 Å². The van der Waals surface area contributed by atoms with Gasteiger partial charge in [0.1, 0.15) is 7.11 Å². The maximum absolute atomic E-state index is 10.5. The summed E-state index contributed by atoms with van der Waals surface area (Å²) in [6.07, 6.45) is 0. The molecule has 0 saturated heterocycles. The minimum absolute atomic E-state index is 0. The van der Waals surface area contributed by atoms with E-state index in [2.05, 4.69) is 11.8 Å². The summed E-state index contributed by atoms with van der Waals surface area (Å²) < 4.78 is 4.23. The number of hydrogen-bond acceptors (Lipinski definition) is 2. The maximum Gasteiger partial charge on any atom is 0.311 e. The predicted octanol–water partition coefficient (Wildman–Crippen LogP) is -1.63.